The maximum atomic E-state index is 7.52. The fraction of sp³-hybridized carbons (Fsp3) is 0.280. The molecule has 0 saturated carbocycles. The van der Waals surface area contributed by atoms with Crippen LogP contribution in [0.4, 0.5) is 0 Å². The third kappa shape index (κ3) is 18.5. The zero-order valence-electron chi connectivity index (χ0n) is 48.8. The Morgan fingerprint density at radius 3 is 0.862 bits per heavy atom. The number of benzene rings is 9. The molecule has 9 aromatic carbocycles. The number of thioether (sulfide) groups is 1. The van der Waals surface area contributed by atoms with Crippen molar-refractivity contribution < 1.29 is 52.1 Å². The minimum Gasteiger partial charge on any atom is -0.374 e. The number of rotatable bonds is 30. The van der Waals surface area contributed by atoms with Crippen molar-refractivity contribution >= 4 is 11.8 Å². The standard InChI is InChI=1S/C75H76O11S/c1-10-28-56(29-11-1)46-76-54-65-67(77-47-57-30-12-2-13-31-57)69(79-49-59-34-16-4-17-35-59)71(81-51-61-38-20-6-21-39-61)72(82-52-62-40-22-7-23-41-62)74(85-65)84-55-66-68(78-48-58-32-14-3-15-33-58)70(80-50-60-36-18-5-19-37-60)73(83-53-63-42-24-8-25-43-63)75(86-66)87-64-44-26-9-27-45-64/h1-45,65-75H,46-55H2/t65-,66-,67-,68-,69+,70+,71-,72+,73-,74+,75+/m1/s1. The summed E-state index contributed by atoms with van der Waals surface area (Å²) in [5.74, 6) is 0. The van der Waals surface area contributed by atoms with Crippen LogP contribution in [0.5, 0.6) is 0 Å². The molecule has 2 saturated heterocycles. The Hall–Kier alpha value is -7.11. The summed E-state index contributed by atoms with van der Waals surface area (Å²) in [7, 11) is 0. The van der Waals surface area contributed by atoms with E-state index in [-0.39, 0.29) is 46.2 Å². The van der Waals surface area contributed by atoms with Gasteiger partial charge in [0.1, 0.15) is 60.4 Å². The smallest absolute Gasteiger partial charge is 0.187 e. The van der Waals surface area contributed by atoms with Crippen molar-refractivity contribution in [3.63, 3.8) is 0 Å². The molecule has 0 bridgehead atoms. The topological polar surface area (TPSA) is 102 Å². The van der Waals surface area contributed by atoms with E-state index in [0.717, 1.165) is 49.4 Å². The molecule has 87 heavy (non-hydrogen) atoms. The molecule has 12 heteroatoms. The van der Waals surface area contributed by atoms with E-state index in [1.54, 1.807) is 11.8 Å². The molecule has 0 radical (unpaired) electrons. The molecule has 2 aliphatic heterocycles. The number of hydrogen-bond donors (Lipinski definition) is 0. The summed E-state index contributed by atoms with van der Waals surface area (Å²) in [6.07, 6.45) is -8.14. The molecule has 11 atom stereocenters. The summed E-state index contributed by atoms with van der Waals surface area (Å²) >= 11 is 1.58. The van der Waals surface area contributed by atoms with E-state index in [4.69, 9.17) is 52.1 Å². The van der Waals surface area contributed by atoms with E-state index in [1.165, 1.54) is 0 Å². The Morgan fingerprint density at radius 1 is 0.241 bits per heavy atom. The lowest BCUT2D eigenvalue weighted by molar-refractivity contribution is -0.287. The third-order valence-corrected chi connectivity index (χ3v) is 16.5. The van der Waals surface area contributed by atoms with Crippen molar-refractivity contribution in [2.24, 2.45) is 0 Å². The van der Waals surface area contributed by atoms with Gasteiger partial charge in [-0.3, -0.25) is 0 Å². The van der Waals surface area contributed by atoms with Crippen LogP contribution in [0, 0.1) is 0 Å². The summed E-state index contributed by atoms with van der Waals surface area (Å²) in [6.45, 7) is 2.16. The Bertz CT molecular complexity index is 3290. The van der Waals surface area contributed by atoms with Gasteiger partial charge in [-0.05, 0) is 56.6 Å². The quantitative estimate of drug-likeness (QED) is 0.0428. The van der Waals surface area contributed by atoms with Gasteiger partial charge in [0.15, 0.2) is 6.29 Å². The van der Waals surface area contributed by atoms with Gasteiger partial charge in [-0.25, -0.2) is 0 Å². The first-order valence-electron chi connectivity index (χ1n) is 30.0. The van der Waals surface area contributed by atoms with Gasteiger partial charge in [0.25, 0.3) is 0 Å². The fourth-order valence-electron chi connectivity index (χ4n) is 10.8. The van der Waals surface area contributed by atoms with Gasteiger partial charge in [0.2, 0.25) is 0 Å². The first-order chi connectivity index (χ1) is 43.1. The third-order valence-electron chi connectivity index (χ3n) is 15.3. The normalized spacial score (nSPS) is 23.0. The molecule has 0 aromatic heterocycles. The van der Waals surface area contributed by atoms with Crippen LogP contribution in [0.2, 0.25) is 0 Å². The van der Waals surface area contributed by atoms with Crippen LogP contribution in [0.15, 0.2) is 278 Å². The summed E-state index contributed by atoms with van der Waals surface area (Å²) in [5, 5.41) is 0. The second-order valence-electron chi connectivity index (χ2n) is 21.7. The minimum atomic E-state index is -1.14. The van der Waals surface area contributed by atoms with Crippen LogP contribution in [-0.4, -0.2) is 79.9 Å². The molecule has 11 nitrogen and oxygen atoms in total. The zero-order chi connectivity index (χ0) is 58.9. The molecule has 9 aromatic rings. The Morgan fingerprint density at radius 2 is 0.506 bits per heavy atom. The van der Waals surface area contributed by atoms with E-state index in [1.807, 2.05) is 188 Å². The van der Waals surface area contributed by atoms with Crippen molar-refractivity contribution in [2.45, 2.75) is 124 Å². The van der Waals surface area contributed by atoms with Crippen molar-refractivity contribution in [3.05, 3.63) is 317 Å². The van der Waals surface area contributed by atoms with Gasteiger partial charge in [0.05, 0.1) is 66.1 Å². The summed E-state index contributed by atoms with van der Waals surface area (Å²) < 4.78 is 79.7. The van der Waals surface area contributed by atoms with E-state index >= 15 is 0 Å². The highest BCUT2D eigenvalue weighted by Crippen LogP contribution is 2.40. The Balaban J connectivity index is 1.01. The molecule has 2 fully saturated rings. The molecule has 0 aliphatic carbocycles. The highest BCUT2D eigenvalue weighted by Gasteiger charge is 2.53. The first-order valence-corrected chi connectivity index (χ1v) is 30.9. The highest BCUT2D eigenvalue weighted by atomic mass is 32.2. The summed E-state index contributed by atoms with van der Waals surface area (Å²) in [4.78, 5) is 1.00. The average Bonchev–Trinajstić information content (AvgIpc) is 2.96. The molecular weight excluding hydrogens is 1110 g/mol. The second kappa shape index (κ2) is 33.3. The highest BCUT2D eigenvalue weighted by molar-refractivity contribution is 7.99. The van der Waals surface area contributed by atoms with Crippen LogP contribution < -0.4 is 0 Å². The van der Waals surface area contributed by atoms with Crippen molar-refractivity contribution in [1.82, 2.24) is 0 Å². The maximum absolute atomic E-state index is 7.52. The van der Waals surface area contributed by atoms with E-state index < -0.39 is 66.7 Å². The molecule has 0 amide bonds. The fourth-order valence-corrected chi connectivity index (χ4v) is 12.0. The lowest BCUT2D eigenvalue weighted by Crippen LogP contribution is -2.60. The molecule has 2 aliphatic rings. The summed E-state index contributed by atoms with van der Waals surface area (Å²) in [5.41, 5.74) is 7.31. The van der Waals surface area contributed by atoms with Gasteiger partial charge >= 0.3 is 0 Å². The second-order valence-corrected chi connectivity index (χ2v) is 22.9. The van der Waals surface area contributed by atoms with Crippen LogP contribution >= 0.6 is 11.8 Å². The Labute approximate surface area is 516 Å². The largest absolute Gasteiger partial charge is 0.374 e. The molecule has 11 rings (SSSR count). The maximum Gasteiger partial charge on any atom is 0.187 e. The Kier molecular flexibility index (Phi) is 23.6. The predicted octanol–water partition coefficient (Wildman–Crippen LogP) is 14.6. The van der Waals surface area contributed by atoms with Crippen molar-refractivity contribution in [1.29, 1.82) is 0 Å². The van der Waals surface area contributed by atoms with Crippen LogP contribution in [0.25, 0.3) is 0 Å². The summed E-state index contributed by atoms with van der Waals surface area (Å²) in [6, 6.07) is 91.4. The van der Waals surface area contributed by atoms with Gasteiger partial charge in [-0.15, -0.1) is 0 Å². The molecule has 2 heterocycles. The molecular formula is C75H76O11S. The van der Waals surface area contributed by atoms with Crippen LogP contribution in [-0.2, 0) is 105 Å². The van der Waals surface area contributed by atoms with Crippen molar-refractivity contribution in [2.75, 3.05) is 13.2 Å². The zero-order valence-corrected chi connectivity index (χ0v) is 49.6. The van der Waals surface area contributed by atoms with Gasteiger partial charge < -0.3 is 52.1 Å². The lowest BCUT2D eigenvalue weighted by atomic mass is 9.98. The number of hydrogen-bond acceptors (Lipinski definition) is 12. The monoisotopic (exact) mass is 1180 g/mol. The van der Waals surface area contributed by atoms with Crippen LogP contribution in [0.3, 0.4) is 0 Å². The predicted molar refractivity (Wildman–Crippen MR) is 337 cm³/mol. The molecule has 0 spiro atoms. The SMILES string of the molecule is c1ccc(COC[C@H]2O[C@H](OC[C@H]3O[C@@H](Sc4ccccc4)[C@H](OCc4ccccc4)[C@@H](OCc4ccccc4)[C@@H]3OCc3ccccc3)[C@@H](OCc3ccccc3)[C@H](OCc3ccccc3)[C@@H](OCc3ccccc3)[C@@H]2OCc2ccccc2)cc1. The van der Waals surface area contributed by atoms with Gasteiger partial charge in [0, 0.05) is 4.90 Å². The molecule has 448 valence electrons. The molecule has 0 unspecified atom stereocenters. The lowest BCUT2D eigenvalue weighted by Gasteiger charge is -2.46. The van der Waals surface area contributed by atoms with E-state index in [0.29, 0.717) is 19.8 Å². The van der Waals surface area contributed by atoms with E-state index in [9.17, 15) is 0 Å². The van der Waals surface area contributed by atoms with E-state index in [2.05, 4.69) is 84.9 Å². The molecule has 0 N–H and O–H groups in total. The van der Waals surface area contributed by atoms with Gasteiger partial charge in [-0.2, -0.15) is 0 Å². The van der Waals surface area contributed by atoms with Gasteiger partial charge in [-0.1, -0.05) is 273 Å². The average molecular weight is 1190 g/mol. The van der Waals surface area contributed by atoms with Crippen LogP contribution in [0.1, 0.15) is 44.5 Å². The number of ether oxygens (including phenoxy) is 11. The minimum absolute atomic E-state index is 0.0359. The first kappa shape index (κ1) is 61.5. The van der Waals surface area contributed by atoms with Crippen molar-refractivity contribution in [3.8, 4) is 0 Å².